The minimum Gasteiger partial charge on any atom is -0.491 e. The summed E-state index contributed by atoms with van der Waals surface area (Å²) in [6, 6.07) is 6.48. The van der Waals surface area contributed by atoms with Crippen LogP contribution in [-0.2, 0) is 9.23 Å². The molecule has 1 unspecified atom stereocenters. The second-order valence-corrected chi connectivity index (χ2v) is 8.19. The molecule has 0 aromatic heterocycles. The molecule has 1 aliphatic rings. The number of halogens is 9. The molecule has 0 radical (unpaired) electrons. The number of carbonyl (C=O) groups excluding carboxylic acids is 2. The van der Waals surface area contributed by atoms with Crippen LogP contribution in [0.1, 0.15) is 34.6 Å². The molecular formula is C19H12F9NO5S. The highest BCUT2D eigenvalue weighted by Crippen LogP contribution is 2.57. The molecule has 0 spiro atoms. The molecule has 192 valence electrons. The van der Waals surface area contributed by atoms with Crippen molar-refractivity contribution in [3.05, 3.63) is 41.5 Å². The van der Waals surface area contributed by atoms with Crippen LogP contribution in [0.25, 0.3) is 10.8 Å². The summed E-state index contributed by atoms with van der Waals surface area (Å²) < 4.78 is 128. The maximum absolute atomic E-state index is 14.1. The van der Waals surface area contributed by atoms with Gasteiger partial charge in [0.05, 0.1) is 17.2 Å². The molecule has 1 heterocycles. The third-order valence-electron chi connectivity index (χ3n) is 4.61. The van der Waals surface area contributed by atoms with Crippen LogP contribution in [0.3, 0.4) is 0 Å². The first-order valence-corrected chi connectivity index (χ1v) is 10.0. The van der Waals surface area contributed by atoms with Crippen molar-refractivity contribution in [1.82, 2.24) is 5.06 Å². The third kappa shape index (κ3) is 4.27. The van der Waals surface area contributed by atoms with Gasteiger partial charge in [-0.2, -0.15) is 39.4 Å². The van der Waals surface area contributed by atoms with Crippen LogP contribution >= 0.6 is 12.0 Å². The van der Waals surface area contributed by atoms with Crippen LogP contribution in [0.4, 0.5) is 39.6 Å². The van der Waals surface area contributed by atoms with E-state index in [-0.39, 0.29) is 22.3 Å². The van der Waals surface area contributed by atoms with Gasteiger partial charge in [-0.3, -0.25) is 9.59 Å². The Balaban J connectivity index is 1.98. The molecule has 0 N–H and O–H groups in total. The van der Waals surface area contributed by atoms with Gasteiger partial charge in [-0.1, -0.05) is 12.1 Å². The van der Waals surface area contributed by atoms with E-state index < -0.39 is 58.2 Å². The number of rotatable bonds is 8. The number of carbonyl (C=O) groups is 2. The van der Waals surface area contributed by atoms with Gasteiger partial charge < -0.3 is 4.74 Å². The van der Waals surface area contributed by atoms with E-state index in [0.717, 1.165) is 12.1 Å². The van der Waals surface area contributed by atoms with Crippen molar-refractivity contribution in [2.75, 3.05) is 0 Å². The van der Waals surface area contributed by atoms with E-state index in [1.54, 1.807) is 18.8 Å². The Hall–Kier alpha value is -2.72. The smallest absolute Gasteiger partial charge is 0.459 e. The van der Waals surface area contributed by atoms with Crippen LogP contribution < -0.4 is 4.74 Å². The van der Waals surface area contributed by atoms with E-state index in [2.05, 4.69) is 4.28 Å². The Morgan fingerprint density at radius 1 is 0.914 bits per heavy atom. The quantitative estimate of drug-likeness (QED) is 0.228. The molecule has 1 aliphatic heterocycles. The zero-order valence-corrected chi connectivity index (χ0v) is 18.1. The largest absolute Gasteiger partial charge is 0.491 e. The molecular weight excluding hydrogens is 525 g/mol. The predicted molar refractivity (Wildman–Crippen MR) is 101 cm³/mol. The molecule has 1 atom stereocenters. The summed E-state index contributed by atoms with van der Waals surface area (Å²) in [7, 11) is 0. The molecule has 0 fully saturated rings. The first-order valence-electron chi connectivity index (χ1n) is 9.27. The Bertz CT molecular complexity index is 1170. The number of ether oxygens (including phenoxy) is 1. The highest BCUT2D eigenvalue weighted by molar-refractivity contribution is 7.95. The summed E-state index contributed by atoms with van der Waals surface area (Å²) in [5.74, 6) is -16.5. The molecule has 2 aromatic rings. The van der Waals surface area contributed by atoms with Gasteiger partial charge in [-0.25, -0.2) is 0 Å². The van der Waals surface area contributed by atoms with Crippen LogP contribution in [-0.4, -0.2) is 46.2 Å². The molecule has 0 aliphatic carbocycles. The van der Waals surface area contributed by atoms with Crippen LogP contribution in [0, 0.1) is 0 Å². The molecule has 2 aromatic carbocycles. The van der Waals surface area contributed by atoms with Gasteiger partial charge in [0.2, 0.25) is 0 Å². The predicted octanol–water partition coefficient (Wildman–Crippen LogP) is 6.16. The minimum absolute atomic E-state index is 0.0331. The fourth-order valence-electron chi connectivity index (χ4n) is 3.06. The monoisotopic (exact) mass is 537 g/mol. The van der Waals surface area contributed by atoms with Gasteiger partial charge in [0.25, 0.3) is 11.8 Å². The summed E-state index contributed by atoms with van der Waals surface area (Å²) in [4.78, 5) is 27.2. The Morgan fingerprint density at radius 3 is 2.06 bits per heavy atom. The Morgan fingerprint density at radius 2 is 1.51 bits per heavy atom. The first-order chi connectivity index (χ1) is 16.0. The molecule has 6 nitrogen and oxygen atoms in total. The molecule has 2 amide bonds. The Kier molecular flexibility index (Phi) is 6.71. The molecule has 0 bridgehead atoms. The van der Waals surface area contributed by atoms with E-state index in [4.69, 9.17) is 4.74 Å². The number of imide groups is 1. The van der Waals surface area contributed by atoms with Crippen LogP contribution in [0.2, 0.25) is 0 Å². The number of hydrogen-bond acceptors (Lipinski definition) is 6. The van der Waals surface area contributed by atoms with E-state index in [9.17, 15) is 49.2 Å². The first kappa shape index (κ1) is 26.9. The maximum Gasteiger partial charge on any atom is 0.459 e. The van der Waals surface area contributed by atoms with Crippen molar-refractivity contribution < 1.29 is 63.2 Å². The van der Waals surface area contributed by atoms with E-state index in [0.29, 0.717) is 5.39 Å². The van der Waals surface area contributed by atoms with Gasteiger partial charge >= 0.3 is 23.2 Å². The highest BCUT2D eigenvalue weighted by Gasteiger charge is 2.84. The van der Waals surface area contributed by atoms with Gasteiger partial charge in [0.15, 0.2) is 0 Å². The van der Waals surface area contributed by atoms with Crippen molar-refractivity contribution in [2.45, 2.75) is 43.2 Å². The lowest BCUT2D eigenvalue weighted by Gasteiger charge is -2.35. The zero-order chi connectivity index (χ0) is 26.6. The number of hydroxylamine groups is 2. The van der Waals surface area contributed by atoms with Gasteiger partial charge in [0.1, 0.15) is 17.8 Å². The maximum atomic E-state index is 14.1. The van der Waals surface area contributed by atoms with Crippen molar-refractivity contribution in [2.24, 2.45) is 0 Å². The topological polar surface area (TPSA) is 65.1 Å². The number of hydrogen-bond donors (Lipinski definition) is 0. The minimum atomic E-state index is -7.08. The third-order valence-corrected chi connectivity index (χ3v) is 5.30. The van der Waals surface area contributed by atoms with E-state index in [1.807, 2.05) is 0 Å². The lowest BCUT2D eigenvalue weighted by Crippen LogP contribution is -2.63. The number of benzene rings is 2. The summed E-state index contributed by atoms with van der Waals surface area (Å²) in [5.41, 5.74) is -0.669. The van der Waals surface area contributed by atoms with Crippen molar-refractivity contribution in [3.8, 4) is 5.75 Å². The van der Waals surface area contributed by atoms with Crippen molar-refractivity contribution in [1.29, 1.82) is 0 Å². The summed E-state index contributed by atoms with van der Waals surface area (Å²) >= 11 is -1.85. The summed E-state index contributed by atoms with van der Waals surface area (Å²) in [6.07, 6.45) is -7.41. The SMILES string of the molecule is CC(C)Oc1cc2c3c(cccc3c1)C(=O)N(OSC(F)(F)C(F)(OF)C(F)(F)C(F)(F)F)C2=O. The fraction of sp³-hybridized carbons (Fsp3) is 0.368. The summed E-state index contributed by atoms with van der Waals surface area (Å²) in [5, 5.41) is -6.24. The number of amides is 2. The fourth-order valence-corrected chi connectivity index (χ4v) is 3.63. The second kappa shape index (κ2) is 8.74. The molecule has 0 saturated heterocycles. The highest BCUT2D eigenvalue weighted by atomic mass is 32.2. The van der Waals surface area contributed by atoms with E-state index in [1.165, 1.54) is 18.2 Å². The van der Waals surface area contributed by atoms with Gasteiger partial charge in [-0.05, 0) is 42.0 Å². The lowest BCUT2D eigenvalue weighted by molar-refractivity contribution is -0.458. The molecule has 35 heavy (non-hydrogen) atoms. The van der Waals surface area contributed by atoms with Crippen LogP contribution in [0.15, 0.2) is 30.3 Å². The van der Waals surface area contributed by atoms with Crippen molar-refractivity contribution >= 4 is 34.6 Å². The number of alkyl halides is 8. The number of nitrogens with zero attached hydrogens (tertiary/aromatic N) is 1. The zero-order valence-electron chi connectivity index (χ0n) is 17.3. The summed E-state index contributed by atoms with van der Waals surface area (Å²) in [6.45, 7) is 3.27. The Labute approximate surface area is 193 Å². The lowest BCUT2D eigenvalue weighted by atomic mass is 9.94. The average molecular weight is 537 g/mol. The normalized spacial score (nSPS) is 16.7. The van der Waals surface area contributed by atoms with E-state index >= 15 is 0 Å². The average Bonchev–Trinajstić information content (AvgIpc) is 2.74. The molecule has 3 rings (SSSR count). The molecule has 16 heteroatoms. The van der Waals surface area contributed by atoms with Crippen molar-refractivity contribution in [3.63, 3.8) is 0 Å². The molecule has 0 saturated carbocycles. The standard InChI is InChI=1S/C19H12F9NO5S/c1-8(2)32-10-6-9-4-3-5-11-13(9)12(7-10)15(31)29(14(11)30)34-35-19(26,27)17(22,33-28)16(20,21)18(23,24)25/h3-8H,1-2H3. The van der Waals surface area contributed by atoms with Crippen LogP contribution in [0.5, 0.6) is 5.75 Å². The second-order valence-electron chi connectivity index (χ2n) is 7.37. The van der Waals surface area contributed by atoms with Gasteiger partial charge in [-0.15, -0.1) is 10.0 Å². The van der Waals surface area contributed by atoms with Gasteiger partial charge in [0, 0.05) is 5.39 Å².